The van der Waals surface area contributed by atoms with E-state index in [-0.39, 0.29) is 12.5 Å². The highest BCUT2D eigenvalue weighted by Gasteiger charge is 2.06. The number of nitrogens with zero attached hydrogens (tertiary/aromatic N) is 1. The maximum absolute atomic E-state index is 11.1. The second-order valence-electron chi connectivity index (χ2n) is 2.47. The van der Waals surface area contributed by atoms with Gasteiger partial charge in [0.05, 0.1) is 6.54 Å². The number of rotatable bonds is 2. The normalized spacial score (nSPS) is 9.50. The van der Waals surface area contributed by atoms with Crippen LogP contribution in [0.1, 0.15) is 0 Å². The fourth-order valence-electron chi connectivity index (χ4n) is 0.914. The Bertz CT molecular complexity index is 258. The molecule has 0 bridgehead atoms. The molecule has 3 heteroatoms. The number of hydrogen-bond donors (Lipinski definition) is 0. The number of anilines is 1. The number of hydrogen-bond acceptors (Lipinski definition) is 1. The highest BCUT2D eigenvalue weighted by atomic mass is 16.2. The zero-order valence-corrected chi connectivity index (χ0v) is 6.95. The molecule has 1 aromatic carbocycles. The Labute approximate surface area is 71.8 Å². The first-order valence-corrected chi connectivity index (χ1v) is 3.72. The van der Waals surface area contributed by atoms with E-state index in [4.69, 9.17) is 5.73 Å². The Balaban J connectivity index is 2.78. The van der Waals surface area contributed by atoms with Gasteiger partial charge in [0.25, 0.3) is 0 Å². The molecule has 0 fully saturated rings. The van der Waals surface area contributed by atoms with E-state index in [1.165, 1.54) is 4.90 Å². The van der Waals surface area contributed by atoms with Gasteiger partial charge < -0.3 is 4.90 Å². The molecule has 12 heavy (non-hydrogen) atoms. The molecule has 1 amide bonds. The lowest BCUT2D eigenvalue weighted by atomic mass is 10.3. The molecule has 0 heterocycles. The van der Waals surface area contributed by atoms with Gasteiger partial charge in [0, 0.05) is 12.7 Å². The van der Waals surface area contributed by atoms with Crippen molar-refractivity contribution in [1.29, 1.82) is 0 Å². The summed E-state index contributed by atoms with van der Waals surface area (Å²) in [7, 11) is 1.67. The van der Waals surface area contributed by atoms with Crippen molar-refractivity contribution >= 4 is 11.6 Å². The topological polar surface area (TPSA) is 44.1 Å². The van der Waals surface area contributed by atoms with Crippen LogP contribution in [-0.4, -0.2) is 19.5 Å². The molecule has 1 radical (unpaired) electrons. The van der Waals surface area contributed by atoms with Gasteiger partial charge in [0.1, 0.15) is 0 Å². The van der Waals surface area contributed by atoms with Crippen molar-refractivity contribution < 1.29 is 4.79 Å². The number of amides is 1. The highest BCUT2D eigenvalue weighted by molar-refractivity contribution is 5.93. The summed E-state index contributed by atoms with van der Waals surface area (Å²) >= 11 is 0. The van der Waals surface area contributed by atoms with Gasteiger partial charge in [-0.2, -0.15) is 0 Å². The molecule has 0 atom stereocenters. The molecule has 0 aliphatic carbocycles. The van der Waals surface area contributed by atoms with Crippen LogP contribution in [0.25, 0.3) is 0 Å². The second-order valence-corrected chi connectivity index (χ2v) is 2.47. The fourth-order valence-corrected chi connectivity index (χ4v) is 0.914. The van der Waals surface area contributed by atoms with E-state index in [1.807, 2.05) is 30.3 Å². The lowest BCUT2D eigenvalue weighted by Crippen LogP contribution is -2.29. The quantitative estimate of drug-likeness (QED) is 0.639. The van der Waals surface area contributed by atoms with E-state index in [1.54, 1.807) is 7.05 Å². The third-order valence-electron chi connectivity index (χ3n) is 1.67. The molecule has 1 N–H and O–H groups in total. The molecule has 1 aromatic rings. The van der Waals surface area contributed by atoms with Crippen LogP contribution in [0.5, 0.6) is 0 Å². The van der Waals surface area contributed by atoms with E-state index < -0.39 is 0 Å². The van der Waals surface area contributed by atoms with Crippen LogP contribution < -0.4 is 10.6 Å². The van der Waals surface area contributed by atoms with Crippen LogP contribution >= 0.6 is 0 Å². The largest absolute Gasteiger partial charge is 0.314 e. The minimum absolute atomic E-state index is 0.193. The minimum atomic E-state index is -0.203. The summed E-state index contributed by atoms with van der Waals surface area (Å²) in [5, 5.41) is 0. The van der Waals surface area contributed by atoms with Crippen LogP contribution in [0.4, 0.5) is 5.69 Å². The van der Waals surface area contributed by atoms with Crippen LogP contribution in [0.3, 0.4) is 0 Å². The molecular weight excluding hydrogens is 152 g/mol. The maximum Gasteiger partial charge on any atom is 0.242 e. The van der Waals surface area contributed by atoms with E-state index in [2.05, 4.69) is 0 Å². The summed E-state index contributed by atoms with van der Waals surface area (Å²) < 4.78 is 0. The van der Waals surface area contributed by atoms with Crippen LogP contribution in [0, 0.1) is 0 Å². The van der Waals surface area contributed by atoms with Crippen molar-refractivity contribution in [1.82, 2.24) is 5.73 Å². The molecule has 3 nitrogen and oxygen atoms in total. The monoisotopic (exact) mass is 163 g/mol. The second kappa shape index (κ2) is 3.88. The zero-order chi connectivity index (χ0) is 8.97. The number of benzene rings is 1. The summed E-state index contributed by atoms with van der Waals surface area (Å²) in [6, 6.07) is 9.30. The average molecular weight is 163 g/mol. The van der Waals surface area contributed by atoms with E-state index >= 15 is 0 Å². The molecule has 0 saturated heterocycles. The summed E-state index contributed by atoms with van der Waals surface area (Å²) in [6.07, 6.45) is 0. The van der Waals surface area contributed by atoms with E-state index in [0.717, 1.165) is 5.69 Å². The van der Waals surface area contributed by atoms with Crippen molar-refractivity contribution in [3.8, 4) is 0 Å². The van der Waals surface area contributed by atoms with Gasteiger partial charge in [-0.05, 0) is 12.1 Å². The Morgan fingerprint density at radius 2 is 2.00 bits per heavy atom. The summed E-state index contributed by atoms with van der Waals surface area (Å²) in [5.41, 5.74) is 7.73. The number of likely N-dealkylation sites (N-methyl/N-ethyl adjacent to an activating group) is 1. The molecule has 0 aromatic heterocycles. The van der Waals surface area contributed by atoms with Gasteiger partial charge in [0.2, 0.25) is 5.91 Å². The molecule has 0 saturated carbocycles. The third kappa shape index (κ3) is 1.83. The molecule has 0 aliphatic rings. The molecule has 1 rings (SSSR count). The Morgan fingerprint density at radius 3 is 2.50 bits per heavy atom. The minimum Gasteiger partial charge on any atom is -0.314 e. The van der Waals surface area contributed by atoms with Crippen molar-refractivity contribution in [2.45, 2.75) is 0 Å². The number of carbonyl (C=O) groups is 1. The Morgan fingerprint density at radius 1 is 1.42 bits per heavy atom. The van der Waals surface area contributed by atoms with Gasteiger partial charge in [-0.15, -0.1) is 0 Å². The fraction of sp³-hybridized carbons (Fsp3) is 0.222. The predicted molar refractivity (Wildman–Crippen MR) is 47.8 cm³/mol. The highest BCUT2D eigenvalue weighted by Crippen LogP contribution is 2.10. The van der Waals surface area contributed by atoms with Crippen LogP contribution in [-0.2, 0) is 4.79 Å². The maximum atomic E-state index is 11.1. The molecule has 0 spiro atoms. The first-order chi connectivity index (χ1) is 5.75. The van der Waals surface area contributed by atoms with Gasteiger partial charge in [-0.1, -0.05) is 18.2 Å². The van der Waals surface area contributed by atoms with Gasteiger partial charge in [-0.3, -0.25) is 4.79 Å². The first kappa shape index (κ1) is 8.74. The average Bonchev–Trinajstić information content (AvgIpc) is 2.17. The van der Waals surface area contributed by atoms with Gasteiger partial charge in [0.15, 0.2) is 0 Å². The predicted octanol–water partition coefficient (Wildman–Crippen LogP) is 0.932. The molecular formula is C9H11N2O. The van der Waals surface area contributed by atoms with Crippen molar-refractivity contribution in [2.75, 3.05) is 18.5 Å². The van der Waals surface area contributed by atoms with Crippen molar-refractivity contribution in [3.63, 3.8) is 0 Å². The lowest BCUT2D eigenvalue weighted by molar-refractivity contribution is -0.117. The van der Waals surface area contributed by atoms with Crippen LogP contribution in [0.15, 0.2) is 30.3 Å². The van der Waals surface area contributed by atoms with Crippen molar-refractivity contribution in [2.24, 2.45) is 0 Å². The SMILES string of the molecule is CN(C(=O)C[NH])c1ccccc1. The summed E-state index contributed by atoms with van der Waals surface area (Å²) in [4.78, 5) is 12.5. The molecule has 0 unspecified atom stereocenters. The standard InChI is InChI=1S/C9H11N2O/c1-11(9(12)7-10)8-5-3-2-4-6-8/h2-6,10H,7H2,1H3. The molecule has 0 aliphatic heterocycles. The third-order valence-corrected chi connectivity index (χ3v) is 1.67. The first-order valence-electron chi connectivity index (χ1n) is 3.72. The van der Waals surface area contributed by atoms with E-state index in [0.29, 0.717) is 0 Å². The van der Waals surface area contributed by atoms with E-state index in [9.17, 15) is 4.79 Å². The Hall–Kier alpha value is -1.35. The van der Waals surface area contributed by atoms with Gasteiger partial charge >= 0.3 is 0 Å². The number of para-hydroxylation sites is 1. The smallest absolute Gasteiger partial charge is 0.242 e. The summed E-state index contributed by atoms with van der Waals surface area (Å²) in [6.45, 7) is -0.203. The van der Waals surface area contributed by atoms with Crippen LogP contribution in [0.2, 0.25) is 0 Å². The molecule has 63 valence electrons. The van der Waals surface area contributed by atoms with Gasteiger partial charge in [-0.25, -0.2) is 5.73 Å². The summed E-state index contributed by atoms with van der Waals surface area (Å²) in [5.74, 6) is -0.193. The lowest BCUT2D eigenvalue weighted by Gasteiger charge is -2.15. The zero-order valence-electron chi connectivity index (χ0n) is 6.95. The Kier molecular flexibility index (Phi) is 2.82. The van der Waals surface area contributed by atoms with Crippen molar-refractivity contribution in [3.05, 3.63) is 30.3 Å². The number of carbonyl (C=O) groups excluding carboxylic acids is 1. The number of nitrogens with one attached hydrogen (secondary N) is 1.